The number of thioether (sulfide) groups is 1. The van der Waals surface area contributed by atoms with Gasteiger partial charge in [-0.15, -0.1) is 11.8 Å². The Balaban J connectivity index is 1.62. The van der Waals surface area contributed by atoms with E-state index in [4.69, 9.17) is 13.9 Å². The van der Waals surface area contributed by atoms with Gasteiger partial charge in [-0.2, -0.15) is 0 Å². The highest BCUT2D eigenvalue weighted by Gasteiger charge is 2.17. The van der Waals surface area contributed by atoms with Crippen LogP contribution in [0.2, 0.25) is 0 Å². The fourth-order valence-corrected chi connectivity index (χ4v) is 3.03. The van der Waals surface area contributed by atoms with Gasteiger partial charge in [0.1, 0.15) is 19.0 Å². The summed E-state index contributed by atoms with van der Waals surface area (Å²) in [5, 5.41) is 6.06. The molecule has 1 aliphatic heterocycles. The van der Waals surface area contributed by atoms with Crippen LogP contribution in [0.1, 0.15) is 18.7 Å². The van der Waals surface area contributed by atoms with E-state index in [1.807, 2.05) is 31.4 Å². The Morgan fingerprint density at radius 2 is 2.04 bits per heavy atom. The van der Waals surface area contributed by atoms with Gasteiger partial charge in [0.25, 0.3) is 0 Å². The second-order valence-electron chi connectivity index (χ2n) is 5.35. The van der Waals surface area contributed by atoms with Gasteiger partial charge in [-0.25, -0.2) is 0 Å². The lowest BCUT2D eigenvalue weighted by atomic mass is 10.2. The highest BCUT2D eigenvalue weighted by molar-refractivity contribution is 7.98. The molecule has 0 unspecified atom stereocenters. The molecule has 0 spiro atoms. The number of benzene rings is 1. The van der Waals surface area contributed by atoms with Crippen LogP contribution in [0.4, 0.5) is 5.69 Å². The Morgan fingerprint density at radius 3 is 2.71 bits per heavy atom. The lowest BCUT2D eigenvalue weighted by molar-refractivity contribution is -0.120. The predicted molar refractivity (Wildman–Crippen MR) is 93.0 cm³/mol. The predicted octanol–water partition coefficient (Wildman–Crippen LogP) is 3.06. The molecule has 0 saturated heterocycles. The molecule has 1 aliphatic rings. The second kappa shape index (κ2) is 7.53. The number of furan rings is 1. The molecule has 128 valence electrons. The van der Waals surface area contributed by atoms with Gasteiger partial charge >= 0.3 is 0 Å². The molecule has 1 aromatic carbocycles. The van der Waals surface area contributed by atoms with Crippen molar-refractivity contribution in [2.24, 2.45) is 0 Å². The maximum Gasteiger partial charge on any atom is 0.239 e. The number of anilines is 1. The smallest absolute Gasteiger partial charge is 0.239 e. The zero-order valence-electron chi connectivity index (χ0n) is 13.6. The van der Waals surface area contributed by atoms with Crippen molar-refractivity contribution in [2.45, 2.75) is 17.9 Å². The average molecular weight is 348 g/mol. The Kier molecular flexibility index (Phi) is 5.20. The van der Waals surface area contributed by atoms with Crippen LogP contribution in [0.5, 0.6) is 11.5 Å². The van der Waals surface area contributed by atoms with Crippen molar-refractivity contribution in [3.8, 4) is 11.5 Å². The van der Waals surface area contributed by atoms with Crippen molar-refractivity contribution >= 4 is 23.4 Å². The highest BCUT2D eigenvalue weighted by atomic mass is 32.2. The third-order valence-corrected chi connectivity index (χ3v) is 4.43. The lowest BCUT2D eigenvalue weighted by Crippen LogP contribution is -2.32. The van der Waals surface area contributed by atoms with E-state index in [0.29, 0.717) is 19.0 Å². The minimum Gasteiger partial charge on any atom is -0.486 e. The van der Waals surface area contributed by atoms with E-state index < -0.39 is 0 Å². The quantitative estimate of drug-likeness (QED) is 0.782. The number of carbonyl (C=O) groups excluding carboxylic acids is 1. The number of hydrogen-bond donors (Lipinski definition) is 2. The van der Waals surface area contributed by atoms with Crippen molar-refractivity contribution < 1.29 is 18.7 Å². The molecular formula is C17H20N2O4S. The average Bonchev–Trinajstić information content (AvgIpc) is 3.13. The first-order chi connectivity index (χ1) is 11.7. The zero-order valence-corrected chi connectivity index (χ0v) is 14.4. The summed E-state index contributed by atoms with van der Waals surface area (Å²) >= 11 is 1.59. The third kappa shape index (κ3) is 3.79. The molecule has 0 fully saturated rings. The molecule has 0 bridgehead atoms. The fraction of sp³-hybridized carbons (Fsp3) is 0.353. The zero-order chi connectivity index (χ0) is 16.9. The van der Waals surface area contributed by atoms with E-state index >= 15 is 0 Å². The first-order valence-corrected chi connectivity index (χ1v) is 8.94. The van der Waals surface area contributed by atoms with Gasteiger partial charge in [0.05, 0.1) is 24.5 Å². The number of amides is 1. The first kappa shape index (κ1) is 16.6. The van der Waals surface area contributed by atoms with Gasteiger partial charge in [0, 0.05) is 11.0 Å². The monoisotopic (exact) mass is 348 g/mol. The van der Waals surface area contributed by atoms with Crippen LogP contribution in [0.25, 0.3) is 0 Å². The van der Waals surface area contributed by atoms with Crippen LogP contribution in [0, 0.1) is 0 Å². The molecular weight excluding hydrogens is 328 g/mol. The van der Waals surface area contributed by atoms with Gasteiger partial charge in [-0.3, -0.25) is 4.79 Å². The first-order valence-electron chi connectivity index (χ1n) is 7.71. The third-order valence-electron chi connectivity index (χ3n) is 3.65. The number of nitrogens with one attached hydrogen (secondary N) is 2. The van der Waals surface area contributed by atoms with Crippen molar-refractivity contribution in [3.05, 3.63) is 36.3 Å². The minimum absolute atomic E-state index is 0.110. The van der Waals surface area contributed by atoms with Gasteiger partial charge in [0.2, 0.25) is 5.91 Å². The van der Waals surface area contributed by atoms with Gasteiger partial charge < -0.3 is 24.5 Å². The maximum absolute atomic E-state index is 12.1. The van der Waals surface area contributed by atoms with Crippen LogP contribution in [0.15, 0.2) is 39.8 Å². The molecule has 2 heterocycles. The summed E-state index contributed by atoms with van der Waals surface area (Å²) in [5.41, 5.74) is 0.854. The minimum atomic E-state index is -0.172. The Labute approximate surface area is 144 Å². The highest BCUT2D eigenvalue weighted by Crippen LogP contribution is 2.39. The maximum atomic E-state index is 12.1. The SMILES string of the molecule is CSc1cc2c(cc1NCC(=O)N[C@@H](C)c1ccco1)OCCO2. The molecule has 1 amide bonds. The molecule has 24 heavy (non-hydrogen) atoms. The summed E-state index contributed by atoms with van der Waals surface area (Å²) in [4.78, 5) is 13.1. The van der Waals surface area contributed by atoms with Crippen LogP contribution >= 0.6 is 11.8 Å². The number of hydrogen-bond acceptors (Lipinski definition) is 6. The van der Waals surface area contributed by atoms with Crippen LogP contribution < -0.4 is 20.1 Å². The largest absolute Gasteiger partial charge is 0.486 e. The van der Waals surface area contributed by atoms with Crippen molar-refractivity contribution in [1.29, 1.82) is 0 Å². The van der Waals surface area contributed by atoms with E-state index in [9.17, 15) is 4.79 Å². The number of carbonyl (C=O) groups is 1. The summed E-state index contributed by atoms with van der Waals surface area (Å²) < 4.78 is 16.5. The fourth-order valence-electron chi connectivity index (χ4n) is 2.45. The summed E-state index contributed by atoms with van der Waals surface area (Å²) in [6, 6.07) is 7.28. The lowest BCUT2D eigenvalue weighted by Gasteiger charge is -2.21. The summed E-state index contributed by atoms with van der Waals surface area (Å²) in [6.07, 6.45) is 3.58. The van der Waals surface area contributed by atoms with E-state index in [0.717, 1.165) is 22.1 Å². The van der Waals surface area contributed by atoms with E-state index in [-0.39, 0.29) is 18.5 Å². The topological polar surface area (TPSA) is 72.7 Å². The Bertz CT molecular complexity index is 703. The molecule has 2 aromatic rings. The molecule has 0 radical (unpaired) electrons. The number of fused-ring (bicyclic) bond motifs is 1. The summed E-state index contributed by atoms with van der Waals surface area (Å²) in [6.45, 7) is 3.14. The summed E-state index contributed by atoms with van der Waals surface area (Å²) in [5.74, 6) is 2.06. The summed E-state index contributed by atoms with van der Waals surface area (Å²) in [7, 11) is 0. The molecule has 2 N–H and O–H groups in total. The Morgan fingerprint density at radius 1 is 1.29 bits per heavy atom. The van der Waals surface area contributed by atoms with Crippen molar-refractivity contribution in [1.82, 2.24) is 5.32 Å². The molecule has 3 rings (SSSR count). The normalized spacial score (nSPS) is 14.1. The molecule has 0 aliphatic carbocycles. The number of rotatable bonds is 6. The van der Waals surface area contributed by atoms with E-state index in [2.05, 4.69) is 10.6 Å². The van der Waals surface area contributed by atoms with Crippen molar-refractivity contribution in [2.75, 3.05) is 31.3 Å². The van der Waals surface area contributed by atoms with Gasteiger partial charge in [0.15, 0.2) is 11.5 Å². The van der Waals surface area contributed by atoms with Crippen LogP contribution in [-0.4, -0.2) is 31.9 Å². The van der Waals surface area contributed by atoms with Crippen molar-refractivity contribution in [3.63, 3.8) is 0 Å². The number of ether oxygens (including phenoxy) is 2. The van der Waals surface area contributed by atoms with Crippen LogP contribution in [-0.2, 0) is 4.79 Å². The molecule has 1 atom stereocenters. The standard InChI is InChI=1S/C17H20N2O4S/c1-11(13-4-3-5-21-13)19-17(20)10-18-12-8-14-15(9-16(12)24-2)23-7-6-22-14/h3-5,8-9,11,18H,6-7,10H2,1-2H3,(H,19,20)/t11-/m0/s1. The second-order valence-corrected chi connectivity index (χ2v) is 6.20. The molecule has 0 saturated carbocycles. The van der Waals surface area contributed by atoms with E-state index in [1.54, 1.807) is 24.1 Å². The Hall–Kier alpha value is -2.28. The molecule has 6 nitrogen and oxygen atoms in total. The molecule has 7 heteroatoms. The van der Waals surface area contributed by atoms with E-state index in [1.165, 1.54) is 0 Å². The van der Waals surface area contributed by atoms with Crippen LogP contribution in [0.3, 0.4) is 0 Å². The van der Waals surface area contributed by atoms with Gasteiger partial charge in [-0.05, 0) is 31.4 Å². The molecule has 1 aromatic heterocycles. The van der Waals surface area contributed by atoms with Gasteiger partial charge in [-0.1, -0.05) is 0 Å².